The zero-order valence-electron chi connectivity index (χ0n) is 13.0. The summed E-state index contributed by atoms with van der Waals surface area (Å²) < 4.78 is 3.27. The molecule has 5 nitrogen and oxygen atoms in total. The van der Waals surface area contributed by atoms with Gasteiger partial charge in [-0.15, -0.1) is 0 Å². The van der Waals surface area contributed by atoms with Gasteiger partial charge in [0, 0.05) is 6.54 Å². The number of rotatable bonds is 5. The first-order valence-corrected chi connectivity index (χ1v) is 8.88. The van der Waals surface area contributed by atoms with Gasteiger partial charge in [-0.3, -0.25) is 5.41 Å². The molecule has 0 unspecified atom stereocenters. The molecular formula is C16H21Cl2N5. The highest BCUT2D eigenvalue weighted by Crippen LogP contribution is 2.26. The molecule has 1 heterocycles. The zero-order chi connectivity index (χ0) is 16.2. The van der Waals surface area contributed by atoms with Crippen LogP contribution in [0.2, 0.25) is 10.0 Å². The van der Waals surface area contributed by atoms with Gasteiger partial charge in [-0.2, -0.15) is 0 Å². The van der Waals surface area contributed by atoms with Crippen molar-refractivity contribution in [3.05, 3.63) is 39.4 Å². The standard InChI is InChI=1S/C16H21Cl2N5/c17-14-7-6-13(10-15(14)18)11-23-16(19)22(20-21-23)9-8-12-4-2-1-3-5-12/h6-7,10,12,19H,1-5,8-9,11H2. The SMILES string of the molecule is N=c1n(CCC2CCCCC2)nnn1Cc1ccc(Cl)c(Cl)c1. The predicted octanol–water partition coefficient (Wildman–Crippen LogP) is 3.88. The summed E-state index contributed by atoms with van der Waals surface area (Å²) in [5.41, 5.74) is 1.28. The Balaban J connectivity index is 1.64. The lowest BCUT2D eigenvalue weighted by Crippen LogP contribution is -2.27. The van der Waals surface area contributed by atoms with E-state index in [9.17, 15) is 0 Å². The third-order valence-electron chi connectivity index (χ3n) is 4.54. The van der Waals surface area contributed by atoms with E-state index in [1.54, 1.807) is 21.5 Å². The van der Waals surface area contributed by atoms with E-state index in [1.807, 2.05) is 6.07 Å². The average molecular weight is 354 g/mol. The minimum atomic E-state index is 0.326. The molecule has 1 saturated carbocycles. The summed E-state index contributed by atoms with van der Waals surface area (Å²) in [4.78, 5) is 0. The van der Waals surface area contributed by atoms with Crippen LogP contribution >= 0.6 is 23.2 Å². The molecule has 1 N–H and O–H groups in total. The summed E-state index contributed by atoms with van der Waals surface area (Å²) >= 11 is 12.0. The number of benzene rings is 1. The first-order valence-electron chi connectivity index (χ1n) is 8.12. The van der Waals surface area contributed by atoms with Crippen molar-refractivity contribution in [3.8, 4) is 0 Å². The van der Waals surface area contributed by atoms with Crippen molar-refractivity contribution in [1.29, 1.82) is 5.41 Å². The molecule has 1 aromatic heterocycles. The van der Waals surface area contributed by atoms with Crippen molar-refractivity contribution < 1.29 is 0 Å². The van der Waals surface area contributed by atoms with Gasteiger partial charge in [0.25, 0.3) is 0 Å². The lowest BCUT2D eigenvalue weighted by atomic mass is 9.87. The molecule has 0 aliphatic heterocycles. The molecule has 23 heavy (non-hydrogen) atoms. The van der Waals surface area contributed by atoms with Gasteiger partial charge in [0.15, 0.2) is 0 Å². The molecule has 0 radical (unpaired) electrons. The van der Waals surface area contributed by atoms with E-state index in [-0.39, 0.29) is 0 Å². The second kappa shape index (κ2) is 7.49. The Morgan fingerprint density at radius 3 is 2.52 bits per heavy atom. The number of hydrogen-bond donors (Lipinski definition) is 1. The van der Waals surface area contributed by atoms with Crippen molar-refractivity contribution in [3.63, 3.8) is 0 Å². The minimum absolute atomic E-state index is 0.326. The maximum Gasteiger partial charge on any atom is 0.238 e. The number of nitrogens with zero attached hydrogens (tertiary/aromatic N) is 4. The summed E-state index contributed by atoms with van der Waals surface area (Å²) in [7, 11) is 0. The highest BCUT2D eigenvalue weighted by atomic mass is 35.5. The zero-order valence-corrected chi connectivity index (χ0v) is 14.5. The quantitative estimate of drug-likeness (QED) is 0.886. The molecule has 2 aromatic rings. The Labute approximate surface area is 145 Å². The van der Waals surface area contributed by atoms with Crippen LogP contribution in [0.5, 0.6) is 0 Å². The maximum atomic E-state index is 8.23. The average Bonchev–Trinajstić information content (AvgIpc) is 2.90. The summed E-state index contributed by atoms with van der Waals surface area (Å²) in [6.07, 6.45) is 7.76. The Kier molecular flexibility index (Phi) is 5.38. The summed E-state index contributed by atoms with van der Waals surface area (Å²) in [5, 5.41) is 17.5. The van der Waals surface area contributed by atoms with Gasteiger partial charge in [0.05, 0.1) is 16.6 Å². The Morgan fingerprint density at radius 2 is 1.78 bits per heavy atom. The lowest BCUT2D eigenvalue weighted by Gasteiger charge is -2.20. The van der Waals surface area contributed by atoms with Crippen LogP contribution in [0.25, 0.3) is 0 Å². The van der Waals surface area contributed by atoms with Crippen molar-refractivity contribution in [2.75, 3.05) is 0 Å². The first kappa shape index (κ1) is 16.5. The van der Waals surface area contributed by atoms with E-state index in [0.717, 1.165) is 24.4 Å². The van der Waals surface area contributed by atoms with Crippen molar-refractivity contribution >= 4 is 23.2 Å². The van der Waals surface area contributed by atoms with E-state index in [1.165, 1.54) is 32.1 Å². The number of hydrogen-bond acceptors (Lipinski definition) is 3. The van der Waals surface area contributed by atoms with Gasteiger partial charge in [-0.05, 0) is 40.5 Å². The molecule has 0 bridgehead atoms. The van der Waals surface area contributed by atoms with E-state index in [0.29, 0.717) is 22.2 Å². The molecule has 1 aliphatic carbocycles. The van der Waals surface area contributed by atoms with Gasteiger partial charge in [0.1, 0.15) is 0 Å². The highest BCUT2D eigenvalue weighted by Gasteiger charge is 2.14. The number of aryl methyl sites for hydroxylation is 1. The van der Waals surface area contributed by atoms with E-state index in [4.69, 9.17) is 28.6 Å². The van der Waals surface area contributed by atoms with Crippen LogP contribution in [0, 0.1) is 11.3 Å². The molecule has 1 fully saturated rings. The molecule has 3 rings (SSSR count). The Hall–Kier alpha value is -1.33. The third-order valence-corrected chi connectivity index (χ3v) is 5.27. The largest absolute Gasteiger partial charge is 0.266 e. The van der Waals surface area contributed by atoms with Gasteiger partial charge in [-0.25, -0.2) is 9.36 Å². The van der Waals surface area contributed by atoms with E-state index < -0.39 is 0 Å². The lowest BCUT2D eigenvalue weighted by molar-refractivity contribution is 0.315. The van der Waals surface area contributed by atoms with Crippen LogP contribution in [0.4, 0.5) is 0 Å². The fourth-order valence-corrected chi connectivity index (χ4v) is 3.48. The second-order valence-corrected chi connectivity index (χ2v) is 7.04. The van der Waals surface area contributed by atoms with E-state index in [2.05, 4.69) is 10.4 Å². The third kappa shape index (κ3) is 4.15. The predicted molar refractivity (Wildman–Crippen MR) is 90.6 cm³/mol. The van der Waals surface area contributed by atoms with Crippen LogP contribution in [0.15, 0.2) is 18.2 Å². The number of nitrogens with one attached hydrogen (secondary N) is 1. The van der Waals surface area contributed by atoms with Crippen molar-refractivity contribution in [2.45, 2.75) is 51.6 Å². The topological polar surface area (TPSA) is 59.5 Å². The van der Waals surface area contributed by atoms with Crippen LogP contribution in [0.3, 0.4) is 0 Å². The van der Waals surface area contributed by atoms with Gasteiger partial charge < -0.3 is 0 Å². The molecule has 1 aromatic carbocycles. The van der Waals surface area contributed by atoms with Gasteiger partial charge in [0.2, 0.25) is 5.62 Å². The number of halogens is 2. The number of tetrazole rings is 1. The van der Waals surface area contributed by atoms with Crippen LogP contribution in [-0.4, -0.2) is 19.8 Å². The molecule has 0 atom stereocenters. The Bertz CT molecular complexity index is 716. The van der Waals surface area contributed by atoms with Crippen molar-refractivity contribution in [2.24, 2.45) is 5.92 Å². The monoisotopic (exact) mass is 353 g/mol. The van der Waals surface area contributed by atoms with Crippen LogP contribution in [-0.2, 0) is 13.1 Å². The maximum absolute atomic E-state index is 8.23. The normalized spacial score (nSPS) is 15.9. The molecule has 124 valence electrons. The fraction of sp³-hybridized carbons (Fsp3) is 0.562. The fourth-order valence-electron chi connectivity index (χ4n) is 3.16. The molecular weight excluding hydrogens is 333 g/mol. The van der Waals surface area contributed by atoms with E-state index >= 15 is 0 Å². The first-order chi connectivity index (χ1) is 11.1. The summed E-state index contributed by atoms with van der Waals surface area (Å²) in [6, 6.07) is 5.45. The molecule has 0 spiro atoms. The smallest absolute Gasteiger partial charge is 0.238 e. The number of aromatic nitrogens is 4. The molecule has 0 saturated heterocycles. The van der Waals surface area contributed by atoms with Gasteiger partial charge in [-0.1, -0.05) is 61.4 Å². The Morgan fingerprint density at radius 1 is 1.04 bits per heavy atom. The summed E-state index contributed by atoms with van der Waals surface area (Å²) in [6.45, 7) is 1.24. The second-order valence-electron chi connectivity index (χ2n) is 6.22. The highest BCUT2D eigenvalue weighted by molar-refractivity contribution is 6.42. The molecule has 0 amide bonds. The van der Waals surface area contributed by atoms with Crippen LogP contribution in [0.1, 0.15) is 44.1 Å². The van der Waals surface area contributed by atoms with Gasteiger partial charge >= 0.3 is 0 Å². The minimum Gasteiger partial charge on any atom is -0.266 e. The summed E-state index contributed by atoms with van der Waals surface area (Å²) in [5.74, 6) is 0.774. The van der Waals surface area contributed by atoms with Crippen molar-refractivity contribution in [1.82, 2.24) is 19.8 Å². The molecule has 1 aliphatic rings. The van der Waals surface area contributed by atoms with Crippen LogP contribution < -0.4 is 5.62 Å². The molecule has 7 heteroatoms.